The summed E-state index contributed by atoms with van der Waals surface area (Å²) in [4.78, 5) is 11.4. The van der Waals surface area contributed by atoms with E-state index in [0.717, 1.165) is 29.8 Å². The van der Waals surface area contributed by atoms with Crippen molar-refractivity contribution in [2.75, 3.05) is 7.11 Å². The van der Waals surface area contributed by atoms with E-state index >= 15 is 0 Å². The smallest absolute Gasteiger partial charge is 0.287 e. The van der Waals surface area contributed by atoms with E-state index < -0.39 is 5.91 Å². The van der Waals surface area contributed by atoms with Crippen LogP contribution in [-0.2, 0) is 16.0 Å². The van der Waals surface area contributed by atoms with Gasteiger partial charge in [-0.25, -0.2) is 4.68 Å². The van der Waals surface area contributed by atoms with Gasteiger partial charge in [-0.1, -0.05) is 19.4 Å². The Balaban J connectivity index is 2.31. The zero-order valence-corrected chi connectivity index (χ0v) is 13.6. The molecule has 0 saturated carbocycles. The lowest BCUT2D eigenvalue weighted by molar-refractivity contribution is -0.116. The summed E-state index contributed by atoms with van der Waals surface area (Å²) < 4.78 is 12.2. The number of amides is 1. The highest BCUT2D eigenvalue weighted by molar-refractivity contribution is 5.90. The molecule has 0 spiro atoms. The Morgan fingerprint density at radius 2 is 2.17 bits per heavy atom. The molecule has 1 heterocycles. The van der Waals surface area contributed by atoms with E-state index in [9.17, 15) is 4.79 Å². The second-order valence-corrected chi connectivity index (χ2v) is 5.14. The molecular formula is C17H21N3O3. The molecule has 1 amide bonds. The molecule has 2 rings (SSSR count). The third-order valence-corrected chi connectivity index (χ3v) is 3.27. The normalized spacial score (nSPS) is 11.3. The van der Waals surface area contributed by atoms with E-state index in [1.165, 1.54) is 13.4 Å². The average Bonchev–Trinajstić information content (AvgIpc) is 2.97. The summed E-state index contributed by atoms with van der Waals surface area (Å²) in [7, 11) is 1.43. The first-order chi connectivity index (χ1) is 11.0. The van der Waals surface area contributed by atoms with Crippen molar-refractivity contribution in [2.45, 2.75) is 26.7 Å². The molecule has 0 aliphatic carbocycles. The summed E-state index contributed by atoms with van der Waals surface area (Å²) >= 11 is 0. The van der Waals surface area contributed by atoms with Crippen LogP contribution in [0.4, 0.5) is 0 Å². The Morgan fingerprint density at radius 3 is 2.83 bits per heavy atom. The molecule has 0 unspecified atom stereocenters. The Kier molecular flexibility index (Phi) is 5.41. The van der Waals surface area contributed by atoms with Gasteiger partial charge in [-0.15, -0.1) is 0 Å². The second kappa shape index (κ2) is 7.49. The van der Waals surface area contributed by atoms with E-state index in [0.29, 0.717) is 5.75 Å². The van der Waals surface area contributed by atoms with Gasteiger partial charge in [-0.05, 0) is 31.0 Å². The fraction of sp³-hybridized carbons (Fsp3) is 0.294. The Morgan fingerprint density at radius 1 is 1.39 bits per heavy atom. The van der Waals surface area contributed by atoms with Gasteiger partial charge in [0.1, 0.15) is 12.0 Å². The van der Waals surface area contributed by atoms with Crippen LogP contribution in [-0.4, -0.2) is 22.8 Å². The number of nitrogens with two attached hydrogens (primary N) is 1. The lowest BCUT2D eigenvalue weighted by Crippen LogP contribution is -2.18. The molecule has 2 N–H and O–H groups in total. The molecule has 6 nitrogen and oxygen atoms in total. The number of rotatable bonds is 7. The number of hydrogen-bond donors (Lipinski definition) is 1. The molecule has 0 saturated heterocycles. The van der Waals surface area contributed by atoms with Gasteiger partial charge in [0.05, 0.1) is 18.5 Å². The van der Waals surface area contributed by atoms with Crippen molar-refractivity contribution >= 4 is 5.91 Å². The highest BCUT2D eigenvalue weighted by Gasteiger charge is 2.12. The zero-order valence-electron chi connectivity index (χ0n) is 13.6. The molecule has 0 aliphatic heterocycles. The molecule has 2 aromatic rings. The molecule has 122 valence electrons. The van der Waals surface area contributed by atoms with E-state index in [1.807, 2.05) is 37.4 Å². The van der Waals surface area contributed by atoms with E-state index in [2.05, 4.69) is 12.0 Å². The number of methoxy groups -OCH3 is 1. The van der Waals surface area contributed by atoms with Crippen molar-refractivity contribution < 1.29 is 14.3 Å². The number of hydrogen-bond acceptors (Lipinski definition) is 4. The minimum Gasteiger partial charge on any atom is -0.500 e. The number of aryl methyl sites for hydroxylation is 2. The average molecular weight is 315 g/mol. The summed E-state index contributed by atoms with van der Waals surface area (Å²) in [5.41, 5.74) is 8.03. The largest absolute Gasteiger partial charge is 0.500 e. The number of carbonyl (C=O) groups excluding carboxylic acids is 1. The molecule has 6 heteroatoms. The van der Waals surface area contributed by atoms with Crippen molar-refractivity contribution in [1.29, 1.82) is 0 Å². The van der Waals surface area contributed by atoms with Gasteiger partial charge >= 0.3 is 0 Å². The maximum absolute atomic E-state index is 11.4. The molecule has 0 radical (unpaired) electrons. The summed E-state index contributed by atoms with van der Waals surface area (Å²) in [6, 6.07) is 7.64. The maximum atomic E-state index is 11.4. The van der Waals surface area contributed by atoms with Crippen molar-refractivity contribution in [3.05, 3.63) is 53.7 Å². The van der Waals surface area contributed by atoms with Crippen molar-refractivity contribution in [2.24, 2.45) is 5.73 Å². The molecule has 0 aliphatic rings. The van der Waals surface area contributed by atoms with E-state index in [4.69, 9.17) is 15.2 Å². The first kappa shape index (κ1) is 16.6. The molecule has 0 fully saturated rings. The minimum atomic E-state index is -0.694. The zero-order chi connectivity index (χ0) is 16.8. The third-order valence-electron chi connectivity index (χ3n) is 3.27. The molecule has 0 bridgehead atoms. The predicted octanol–water partition coefficient (Wildman–Crippen LogP) is 2.49. The molecule has 1 aromatic heterocycles. The highest BCUT2D eigenvalue weighted by Crippen LogP contribution is 2.24. The fourth-order valence-electron chi connectivity index (χ4n) is 2.09. The van der Waals surface area contributed by atoms with Gasteiger partial charge in [-0.3, -0.25) is 4.79 Å². The molecule has 1 aromatic carbocycles. The van der Waals surface area contributed by atoms with Crippen LogP contribution in [0, 0.1) is 6.92 Å². The quantitative estimate of drug-likeness (QED) is 0.629. The Hall–Kier alpha value is -2.76. The summed E-state index contributed by atoms with van der Waals surface area (Å²) in [6.07, 6.45) is 5.06. The lowest BCUT2D eigenvalue weighted by Gasteiger charge is -2.11. The maximum Gasteiger partial charge on any atom is 0.287 e. The van der Waals surface area contributed by atoms with Gasteiger partial charge in [0.25, 0.3) is 5.91 Å². The van der Waals surface area contributed by atoms with Gasteiger partial charge in [-0.2, -0.15) is 5.10 Å². The van der Waals surface area contributed by atoms with Crippen LogP contribution >= 0.6 is 0 Å². The molecule has 23 heavy (non-hydrogen) atoms. The van der Waals surface area contributed by atoms with Crippen LogP contribution in [0.5, 0.6) is 5.75 Å². The number of carbonyl (C=O) groups is 1. The van der Waals surface area contributed by atoms with Gasteiger partial charge in [0.2, 0.25) is 5.76 Å². The summed E-state index contributed by atoms with van der Waals surface area (Å²) in [5, 5.41) is 4.52. The van der Waals surface area contributed by atoms with Crippen molar-refractivity contribution in [3.63, 3.8) is 0 Å². The summed E-state index contributed by atoms with van der Waals surface area (Å²) in [6.45, 7) is 4.00. The lowest BCUT2D eigenvalue weighted by atomic mass is 10.2. The van der Waals surface area contributed by atoms with Crippen LogP contribution in [0.25, 0.3) is 5.69 Å². The monoisotopic (exact) mass is 315 g/mol. The van der Waals surface area contributed by atoms with Gasteiger partial charge < -0.3 is 15.2 Å². The van der Waals surface area contributed by atoms with Gasteiger partial charge in [0, 0.05) is 12.3 Å². The Bertz CT molecular complexity index is 720. The third kappa shape index (κ3) is 4.12. The topological polar surface area (TPSA) is 79.4 Å². The van der Waals surface area contributed by atoms with Crippen LogP contribution in [0.3, 0.4) is 0 Å². The molecule has 0 atom stereocenters. The van der Waals surface area contributed by atoms with Crippen LogP contribution < -0.4 is 10.5 Å². The predicted molar refractivity (Wildman–Crippen MR) is 87.2 cm³/mol. The number of ether oxygens (including phenoxy) is 2. The van der Waals surface area contributed by atoms with Crippen molar-refractivity contribution in [3.8, 4) is 11.4 Å². The van der Waals surface area contributed by atoms with E-state index in [1.54, 1.807) is 4.68 Å². The van der Waals surface area contributed by atoms with Gasteiger partial charge in [0.15, 0.2) is 0 Å². The van der Waals surface area contributed by atoms with Crippen LogP contribution in [0.2, 0.25) is 0 Å². The highest BCUT2D eigenvalue weighted by atomic mass is 16.5. The summed E-state index contributed by atoms with van der Waals surface area (Å²) in [5.74, 6) is -0.224. The van der Waals surface area contributed by atoms with Crippen molar-refractivity contribution in [1.82, 2.24) is 9.78 Å². The SMILES string of the molecule is CCCc1ccn(-c2ccc(C)c(O/C(=C\OC)C(N)=O)c2)n1. The Labute approximate surface area is 135 Å². The number of primary amides is 1. The van der Waals surface area contributed by atoms with Crippen LogP contribution in [0.1, 0.15) is 24.6 Å². The fourth-order valence-corrected chi connectivity index (χ4v) is 2.09. The molecular weight excluding hydrogens is 294 g/mol. The first-order valence-corrected chi connectivity index (χ1v) is 7.41. The number of aromatic nitrogens is 2. The number of nitrogens with zero attached hydrogens (tertiary/aromatic N) is 2. The minimum absolute atomic E-state index is 0.0557. The first-order valence-electron chi connectivity index (χ1n) is 7.41. The van der Waals surface area contributed by atoms with E-state index in [-0.39, 0.29) is 5.76 Å². The van der Waals surface area contributed by atoms with Crippen LogP contribution in [0.15, 0.2) is 42.5 Å². The number of benzene rings is 1. The standard InChI is InChI=1S/C17H21N3O3/c1-4-5-13-8-9-20(19-13)14-7-6-12(2)15(10-14)23-16(11-22-3)17(18)21/h6-11H,4-5H2,1-3H3,(H2,18,21)/b16-11-. The second-order valence-electron chi connectivity index (χ2n) is 5.14.